The molecule has 0 saturated carbocycles. The van der Waals surface area contributed by atoms with Gasteiger partial charge in [-0.05, 0) is 60.7 Å². The van der Waals surface area contributed by atoms with Crippen molar-refractivity contribution in [3.05, 3.63) is 59.4 Å². The van der Waals surface area contributed by atoms with Crippen LogP contribution in [0.3, 0.4) is 0 Å². The second-order valence-corrected chi connectivity index (χ2v) is 9.20. The third kappa shape index (κ3) is 4.71. The minimum atomic E-state index is 0.210. The molecule has 174 valence electrons. The average Bonchev–Trinajstić information content (AvgIpc) is 3.43. The van der Waals surface area contributed by atoms with Crippen LogP contribution in [0, 0.1) is 5.92 Å². The zero-order chi connectivity index (χ0) is 22.8. The largest absolute Gasteiger partial charge is 0.493 e. The van der Waals surface area contributed by atoms with Gasteiger partial charge >= 0.3 is 0 Å². The Morgan fingerprint density at radius 2 is 1.82 bits per heavy atom. The van der Waals surface area contributed by atoms with Crippen LogP contribution < -0.4 is 9.47 Å². The van der Waals surface area contributed by atoms with Gasteiger partial charge in [0.2, 0.25) is 5.91 Å². The van der Waals surface area contributed by atoms with Crippen LogP contribution in [-0.4, -0.2) is 62.7 Å². The quantitative estimate of drug-likeness (QED) is 0.548. The molecule has 1 fully saturated rings. The number of likely N-dealkylation sites (tertiary alicyclic amines) is 1. The predicted molar refractivity (Wildman–Crippen MR) is 128 cm³/mol. The maximum Gasteiger partial charge on any atom is 0.227 e. The molecule has 0 N–H and O–H groups in total. The molecule has 2 aromatic carbocycles. The SMILES string of the molecule is COc1cc2c(cc1OC)CC(=O)N(CC1CCN(CCc3cc4ccccc4o3)C1)CC2. The molecule has 1 saturated heterocycles. The highest BCUT2D eigenvalue weighted by Gasteiger charge is 2.28. The molecule has 1 atom stereocenters. The Bertz CT molecular complexity index is 1110. The van der Waals surface area contributed by atoms with Gasteiger partial charge in [-0.1, -0.05) is 18.2 Å². The van der Waals surface area contributed by atoms with Crippen LogP contribution in [0.15, 0.2) is 46.9 Å². The van der Waals surface area contributed by atoms with Gasteiger partial charge < -0.3 is 23.7 Å². The van der Waals surface area contributed by atoms with Crippen molar-refractivity contribution < 1.29 is 18.7 Å². The number of benzene rings is 2. The molecule has 5 rings (SSSR count). The Morgan fingerprint density at radius 3 is 2.61 bits per heavy atom. The van der Waals surface area contributed by atoms with E-state index in [0.29, 0.717) is 18.1 Å². The van der Waals surface area contributed by atoms with Gasteiger partial charge in [0.15, 0.2) is 11.5 Å². The Hall–Kier alpha value is -2.99. The minimum Gasteiger partial charge on any atom is -0.493 e. The zero-order valence-corrected chi connectivity index (χ0v) is 19.5. The second kappa shape index (κ2) is 9.48. The van der Waals surface area contributed by atoms with Gasteiger partial charge in [0.25, 0.3) is 0 Å². The fourth-order valence-corrected chi connectivity index (χ4v) is 5.21. The van der Waals surface area contributed by atoms with Crippen LogP contribution >= 0.6 is 0 Å². The number of nitrogens with zero attached hydrogens (tertiary/aromatic N) is 2. The molecule has 6 nitrogen and oxygen atoms in total. The van der Waals surface area contributed by atoms with Crippen LogP contribution in [-0.2, 0) is 24.1 Å². The van der Waals surface area contributed by atoms with Gasteiger partial charge in [0.05, 0.1) is 20.6 Å². The van der Waals surface area contributed by atoms with Crippen LogP contribution in [0.1, 0.15) is 23.3 Å². The monoisotopic (exact) mass is 448 g/mol. The summed E-state index contributed by atoms with van der Waals surface area (Å²) >= 11 is 0. The molecule has 1 aromatic heterocycles. The van der Waals surface area contributed by atoms with Crippen LogP contribution in [0.25, 0.3) is 11.0 Å². The van der Waals surface area contributed by atoms with Crippen LogP contribution in [0.4, 0.5) is 0 Å². The third-order valence-corrected chi connectivity index (χ3v) is 7.05. The standard InChI is InChI=1S/C27H32N2O4/c1-31-25-14-20-8-12-29(27(30)16-22(20)15-26(25)32-2)18-19-7-10-28(17-19)11-9-23-13-21-5-3-4-6-24(21)33-23/h3-6,13-15,19H,7-12,16-18H2,1-2H3. The van der Waals surface area contributed by atoms with E-state index in [1.165, 1.54) is 10.9 Å². The van der Waals surface area contributed by atoms with Crippen molar-refractivity contribution in [2.24, 2.45) is 5.92 Å². The number of methoxy groups -OCH3 is 2. The molecule has 3 heterocycles. The fourth-order valence-electron chi connectivity index (χ4n) is 5.21. The van der Waals surface area contributed by atoms with Gasteiger partial charge in [0.1, 0.15) is 11.3 Å². The van der Waals surface area contributed by atoms with Gasteiger partial charge in [-0.15, -0.1) is 0 Å². The number of fused-ring (bicyclic) bond motifs is 2. The predicted octanol–water partition coefficient (Wildman–Crippen LogP) is 3.94. The number of rotatable bonds is 7. The van der Waals surface area contributed by atoms with Gasteiger partial charge in [-0.3, -0.25) is 4.79 Å². The number of carbonyl (C=O) groups excluding carboxylic acids is 1. The third-order valence-electron chi connectivity index (χ3n) is 7.05. The van der Waals surface area contributed by atoms with Gasteiger partial charge in [0, 0.05) is 38.0 Å². The second-order valence-electron chi connectivity index (χ2n) is 9.20. The lowest BCUT2D eigenvalue weighted by Crippen LogP contribution is -2.37. The van der Waals surface area contributed by atoms with E-state index in [1.54, 1.807) is 14.2 Å². The first kappa shape index (κ1) is 21.8. The summed E-state index contributed by atoms with van der Waals surface area (Å²) in [6.45, 7) is 4.72. The molecule has 1 amide bonds. The maximum atomic E-state index is 13.0. The molecule has 0 radical (unpaired) electrons. The molecular formula is C27H32N2O4. The van der Waals surface area contributed by atoms with E-state index in [1.807, 2.05) is 30.3 Å². The highest BCUT2D eigenvalue weighted by Crippen LogP contribution is 2.33. The molecule has 0 bridgehead atoms. The lowest BCUT2D eigenvalue weighted by atomic mass is 10.0. The van der Waals surface area contributed by atoms with Crippen LogP contribution in [0.2, 0.25) is 0 Å². The first-order valence-electron chi connectivity index (χ1n) is 11.8. The van der Waals surface area contributed by atoms with Crippen LogP contribution in [0.5, 0.6) is 11.5 Å². The van der Waals surface area contributed by atoms with Gasteiger partial charge in [-0.2, -0.15) is 0 Å². The Balaban J connectivity index is 1.16. The topological polar surface area (TPSA) is 55.2 Å². The fraction of sp³-hybridized carbons (Fsp3) is 0.444. The van der Waals surface area contributed by atoms with E-state index in [4.69, 9.17) is 13.9 Å². The van der Waals surface area contributed by atoms with Crippen molar-refractivity contribution in [2.45, 2.75) is 25.7 Å². The highest BCUT2D eigenvalue weighted by molar-refractivity contribution is 5.80. The van der Waals surface area contributed by atoms with E-state index in [0.717, 1.165) is 74.6 Å². The number of amides is 1. The van der Waals surface area contributed by atoms with Crippen molar-refractivity contribution in [3.63, 3.8) is 0 Å². The lowest BCUT2D eigenvalue weighted by molar-refractivity contribution is -0.130. The van der Waals surface area contributed by atoms with E-state index in [2.05, 4.69) is 21.9 Å². The molecule has 2 aliphatic heterocycles. The summed E-state index contributed by atoms with van der Waals surface area (Å²) < 4.78 is 16.9. The number of ether oxygens (including phenoxy) is 2. The molecule has 1 unspecified atom stereocenters. The summed E-state index contributed by atoms with van der Waals surface area (Å²) in [5.74, 6) is 3.20. The van der Waals surface area contributed by atoms with E-state index < -0.39 is 0 Å². The first-order valence-corrected chi connectivity index (χ1v) is 11.8. The number of hydrogen-bond donors (Lipinski definition) is 0. The highest BCUT2D eigenvalue weighted by atomic mass is 16.5. The summed E-state index contributed by atoms with van der Waals surface area (Å²) in [6.07, 6.45) is 3.34. The van der Waals surface area contributed by atoms with Crippen molar-refractivity contribution >= 4 is 16.9 Å². The summed E-state index contributed by atoms with van der Waals surface area (Å²) in [5.41, 5.74) is 3.20. The lowest BCUT2D eigenvalue weighted by Gasteiger charge is -2.24. The van der Waals surface area contributed by atoms with Crippen molar-refractivity contribution in [1.29, 1.82) is 0 Å². The summed E-state index contributed by atoms with van der Waals surface area (Å²) in [4.78, 5) is 17.6. The van der Waals surface area contributed by atoms with Crippen molar-refractivity contribution in [1.82, 2.24) is 9.80 Å². The van der Waals surface area contributed by atoms with E-state index in [-0.39, 0.29) is 5.91 Å². The number of para-hydroxylation sites is 1. The number of carbonyl (C=O) groups is 1. The van der Waals surface area contributed by atoms with Gasteiger partial charge in [-0.25, -0.2) is 0 Å². The molecule has 2 aliphatic rings. The summed E-state index contributed by atoms with van der Waals surface area (Å²) in [7, 11) is 3.29. The van der Waals surface area contributed by atoms with E-state index >= 15 is 0 Å². The molecule has 3 aromatic rings. The molecule has 6 heteroatoms. The summed E-state index contributed by atoms with van der Waals surface area (Å²) in [5, 5.41) is 1.17. The van der Waals surface area contributed by atoms with Crippen molar-refractivity contribution in [3.8, 4) is 11.5 Å². The zero-order valence-electron chi connectivity index (χ0n) is 19.5. The molecule has 33 heavy (non-hydrogen) atoms. The molecule has 0 aliphatic carbocycles. The van der Waals surface area contributed by atoms with E-state index in [9.17, 15) is 4.79 Å². The first-order chi connectivity index (χ1) is 16.1. The molecule has 0 spiro atoms. The van der Waals surface area contributed by atoms with Crippen molar-refractivity contribution in [2.75, 3.05) is 46.9 Å². The average molecular weight is 449 g/mol. The maximum absolute atomic E-state index is 13.0. The number of furan rings is 1. The summed E-state index contributed by atoms with van der Waals surface area (Å²) in [6, 6.07) is 14.3. The molecular weight excluding hydrogens is 416 g/mol. The normalized spacial score (nSPS) is 19.0. The Kier molecular flexibility index (Phi) is 6.27. The number of hydrogen-bond acceptors (Lipinski definition) is 5. The Morgan fingerprint density at radius 1 is 1.03 bits per heavy atom. The Labute approximate surface area is 195 Å². The smallest absolute Gasteiger partial charge is 0.227 e. The minimum absolute atomic E-state index is 0.210.